The van der Waals surface area contributed by atoms with Crippen molar-refractivity contribution in [3.8, 4) is 23.8 Å². The minimum Gasteiger partial charge on any atom is -0.454 e. The quantitative estimate of drug-likeness (QED) is 0.157. The summed E-state index contributed by atoms with van der Waals surface area (Å²) in [5.74, 6) is 2.09. The summed E-state index contributed by atoms with van der Waals surface area (Å²) in [5, 5.41) is 16.0. The first-order valence-electron chi connectivity index (χ1n) is 15.5. The lowest BCUT2D eigenvalue weighted by atomic mass is 9.99. The number of carbonyl (C=O) groups is 2. The summed E-state index contributed by atoms with van der Waals surface area (Å²) in [6.45, 7) is 3.78. The molecule has 1 aliphatic heterocycles. The van der Waals surface area contributed by atoms with Gasteiger partial charge in [-0.05, 0) is 35.6 Å². The third-order valence-electron chi connectivity index (χ3n) is 7.46. The fraction of sp³-hybridized carbons (Fsp3) is 0.371. The van der Waals surface area contributed by atoms with Crippen LogP contribution in [0.4, 0.5) is 0 Å². The SMILES string of the molecule is C#CCCC(=O)N(NC(=O)CNCc1ccccc1)C(Cc1ccccc1)[C@H](O)CN(CC(C)C)S(=O)(=O)c1ccc2c(c1)OCO2. The molecule has 3 aromatic rings. The van der Waals surface area contributed by atoms with Gasteiger partial charge in [-0.15, -0.1) is 12.3 Å². The van der Waals surface area contributed by atoms with E-state index >= 15 is 0 Å². The van der Waals surface area contributed by atoms with Gasteiger partial charge >= 0.3 is 0 Å². The number of benzene rings is 3. The van der Waals surface area contributed by atoms with Gasteiger partial charge in [0.1, 0.15) is 0 Å². The molecule has 0 radical (unpaired) electrons. The molecular weight excluding hydrogens is 620 g/mol. The molecule has 47 heavy (non-hydrogen) atoms. The number of aliphatic hydroxyl groups is 1. The van der Waals surface area contributed by atoms with E-state index in [4.69, 9.17) is 15.9 Å². The smallest absolute Gasteiger partial charge is 0.252 e. The molecule has 0 saturated carbocycles. The maximum absolute atomic E-state index is 14.0. The van der Waals surface area contributed by atoms with Crippen LogP contribution in [0.2, 0.25) is 0 Å². The molecule has 0 aliphatic carbocycles. The van der Waals surface area contributed by atoms with Crippen molar-refractivity contribution in [2.75, 3.05) is 26.4 Å². The van der Waals surface area contributed by atoms with Gasteiger partial charge in [-0.1, -0.05) is 74.5 Å². The van der Waals surface area contributed by atoms with Crippen molar-refractivity contribution < 1.29 is 32.6 Å². The van der Waals surface area contributed by atoms with E-state index in [1.54, 1.807) is 0 Å². The number of amides is 2. The van der Waals surface area contributed by atoms with Crippen molar-refractivity contribution in [3.05, 3.63) is 90.0 Å². The zero-order chi connectivity index (χ0) is 33.8. The summed E-state index contributed by atoms with van der Waals surface area (Å²) in [5.41, 5.74) is 4.44. The van der Waals surface area contributed by atoms with E-state index in [2.05, 4.69) is 16.7 Å². The zero-order valence-corrected chi connectivity index (χ0v) is 27.5. The number of hydrazine groups is 1. The van der Waals surface area contributed by atoms with Gasteiger partial charge < -0.3 is 19.9 Å². The van der Waals surface area contributed by atoms with Crippen LogP contribution in [0.5, 0.6) is 11.5 Å². The lowest BCUT2D eigenvalue weighted by Gasteiger charge is -2.37. The molecule has 1 unspecified atom stereocenters. The Morgan fingerprint density at radius 3 is 2.28 bits per heavy atom. The lowest BCUT2D eigenvalue weighted by molar-refractivity contribution is -0.147. The van der Waals surface area contributed by atoms with Crippen molar-refractivity contribution in [1.29, 1.82) is 0 Å². The summed E-state index contributed by atoms with van der Waals surface area (Å²) in [7, 11) is -4.13. The summed E-state index contributed by atoms with van der Waals surface area (Å²) in [6.07, 6.45) is 4.19. The maximum atomic E-state index is 14.0. The molecule has 250 valence electrons. The Morgan fingerprint density at radius 2 is 1.62 bits per heavy atom. The van der Waals surface area contributed by atoms with Crippen LogP contribution in [0.15, 0.2) is 83.8 Å². The molecule has 2 amide bonds. The number of hydrogen-bond donors (Lipinski definition) is 3. The summed E-state index contributed by atoms with van der Waals surface area (Å²) in [6, 6.07) is 22.0. The number of hydrogen-bond acceptors (Lipinski definition) is 8. The predicted octanol–water partition coefficient (Wildman–Crippen LogP) is 3.10. The number of terminal acetylenes is 1. The number of ether oxygens (including phenoxy) is 2. The molecule has 0 aromatic heterocycles. The van der Waals surface area contributed by atoms with Gasteiger partial charge in [-0.3, -0.25) is 15.0 Å². The number of carbonyl (C=O) groups excluding carboxylic acids is 2. The number of nitrogens with one attached hydrogen (secondary N) is 2. The molecule has 0 bridgehead atoms. The highest BCUT2D eigenvalue weighted by Gasteiger charge is 2.36. The van der Waals surface area contributed by atoms with Crippen molar-refractivity contribution in [2.24, 2.45) is 5.92 Å². The average molecular weight is 663 g/mol. The standard InChI is InChI=1S/C35H42N4O7S/c1-4-5-16-35(42)39(37-34(41)22-36-21-28-14-10-7-11-15-28)30(19-27-12-8-6-9-13-27)31(40)24-38(23-26(2)3)47(43,44)29-17-18-32-33(20-29)46-25-45-32/h1,6-15,17-18,20,26,30-31,36,40H,5,16,19,21-25H2,2-3H3,(H,37,41)/t30?,31-/m1/s1. The molecule has 1 heterocycles. The van der Waals surface area contributed by atoms with Gasteiger partial charge in [0.15, 0.2) is 11.5 Å². The molecule has 0 spiro atoms. The highest BCUT2D eigenvalue weighted by Crippen LogP contribution is 2.35. The average Bonchev–Trinajstić information content (AvgIpc) is 3.54. The third-order valence-corrected chi connectivity index (χ3v) is 9.29. The van der Waals surface area contributed by atoms with E-state index in [0.29, 0.717) is 18.0 Å². The topological polar surface area (TPSA) is 138 Å². The monoisotopic (exact) mass is 662 g/mol. The van der Waals surface area contributed by atoms with Crippen molar-refractivity contribution in [3.63, 3.8) is 0 Å². The summed E-state index contributed by atoms with van der Waals surface area (Å²) < 4.78 is 39.9. The van der Waals surface area contributed by atoms with E-state index in [9.17, 15) is 23.1 Å². The van der Waals surface area contributed by atoms with Gasteiger partial charge in [-0.25, -0.2) is 13.4 Å². The van der Waals surface area contributed by atoms with Crippen LogP contribution in [0, 0.1) is 18.3 Å². The first-order valence-corrected chi connectivity index (χ1v) is 16.9. The third kappa shape index (κ3) is 10.0. The van der Waals surface area contributed by atoms with Crippen molar-refractivity contribution in [1.82, 2.24) is 20.1 Å². The van der Waals surface area contributed by atoms with E-state index in [1.807, 2.05) is 74.5 Å². The normalized spacial score (nSPS) is 13.6. The van der Waals surface area contributed by atoms with Gasteiger partial charge in [-0.2, -0.15) is 4.31 Å². The Kier molecular flexibility index (Phi) is 12.8. The van der Waals surface area contributed by atoms with E-state index in [-0.39, 0.29) is 56.5 Å². The Morgan fingerprint density at radius 1 is 0.957 bits per heavy atom. The molecular formula is C35H42N4O7S. The van der Waals surface area contributed by atoms with Crippen LogP contribution in [-0.2, 0) is 32.6 Å². The minimum absolute atomic E-state index is 0.00847. The first-order chi connectivity index (χ1) is 22.6. The first kappa shape index (κ1) is 35.4. The minimum atomic E-state index is -4.13. The van der Waals surface area contributed by atoms with E-state index in [0.717, 1.165) is 16.1 Å². The zero-order valence-electron chi connectivity index (χ0n) is 26.7. The second kappa shape index (κ2) is 16.9. The van der Waals surface area contributed by atoms with E-state index < -0.39 is 34.0 Å². The molecule has 3 N–H and O–H groups in total. The lowest BCUT2D eigenvalue weighted by Crippen LogP contribution is -2.60. The molecule has 12 heteroatoms. The molecule has 3 aromatic carbocycles. The van der Waals surface area contributed by atoms with E-state index in [1.165, 1.54) is 22.5 Å². The van der Waals surface area contributed by atoms with Crippen LogP contribution < -0.4 is 20.2 Å². The maximum Gasteiger partial charge on any atom is 0.252 e. The predicted molar refractivity (Wildman–Crippen MR) is 177 cm³/mol. The number of rotatable bonds is 16. The van der Waals surface area contributed by atoms with Gasteiger partial charge in [0, 0.05) is 38.5 Å². The highest BCUT2D eigenvalue weighted by atomic mass is 32.2. The van der Waals surface area contributed by atoms with Gasteiger partial charge in [0.05, 0.1) is 23.6 Å². The molecule has 4 rings (SSSR count). The van der Waals surface area contributed by atoms with Crippen LogP contribution >= 0.6 is 0 Å². The van der Waals surface area contributed by atoms with Gasteiger partial charge in [0.25, 0.3) is 5.91 Å². The molecule has 0 saturated heterocycles. The molecule has 1 aliphatic rings. The molecule has 2 atom stereocenters. The van der Waals surface area contributed by atoms with Crippen LogP contribution in [-0.4, -0.2) is 73.2 Å². The number of nitrogens with zero attached hydrogens (tertiary/aromatic N) is 2. The number of fused-ring (bicyclic) bond motifs is 1. The largest absolute Gasteiger partial charge is 0.454 e. The number of sulfonamides is 1. The van der Waals surface area contributed by atoms with Crippen molar-refractivity contribution >= 4 is 21.8 Å². The fourth-order valence-corrected chi connectivity index (χ4v) is 6.81. The Balaban J connectivity index is 1.61. The Bertz CT molecular complexity index is 1630. The fourth-order valence-electron chi connectivity index (χ4n) is 5.17. The Labute approximate surface area is 276 Å². The Hall–Kier alpha value is -4.41. The second-order valence-corrected chi connectivity index (χ2v) is 13.6. The summed E-state index contributed by atoms with van der Waals surface area (Å²) >= 11 is 0. The van der Waals surface area contributed by atoms with Crippen molar-refractivity contribution in [2.45, 2.75) is 56.7 Å². The second-order valence-electron chi connectivity index (χ2n) is 11.6. The molecule has 11 nitrogen and oxygen atoms in total. The van der Waals surface area contributed by atoms with Crippen LogP contribution in [0.25, 0.3) is 0 Å². The highest BCUT2D eigenvalue weighted by molar-refractivity contribution is 7.89. The van der Waals surface area contributed by atoms with Crippen LogP contribution in [0.3, 0.4) is 0 Å². The van der Waals surface area contributed by atoms with Gasteiger partial charge in [0.2, 0.25) is 22.7 Å². The van der Waals surface area contributed by atoms with Crippen LogP contribution in [0.1, 0.15) is 37.8 Å². The summed E-state index contributed by atoms with van der Waals surface area (Å²) in [4.78, 5) is 26.8. The number of aliphatic hydroxyl groups excluding tert-OH is 1. The molecule has 0 fully saturated rings.